The fraction of sp³-hybridized carbons (Fsp3) is 0.455. The lowest BCUT2D eigenvalue weighted by Gasteiger charge is -2.04. The highest BCUT2D eigenvalue weighted by atomic mass is 32.2. The van der Waals surface area contributed by atoms with Crippen LogP contribution in [0.1, 0.15) is 12.6 Å². The summed E-state index contributed by atoms with van der Waals surface area (Å²) in [4.78, 5) is 39.9. The van der Waals surface area contributed by atoms with E-state index in [1.165, 1.54) is 31.9 Å². The number of hydrogen-bond acceptors (Lipinski definition) is 6. The van der Waals surface area contributed by atoms with Gasteiger partial charge in [-0.2, -0.15) is 0 Å². The topological polar surface area (TPSA) is 101 Å². The number of aromatic amines is 1. The number of nitrogens with one attached hydrogen (secondary N) is 2. The predicted molar refractivity (Wildman–Crippen MR) is 70.0 cm³/mol. The van der Waals surface area contributed by atoms with Crippen LogP contribution in [-0.2, 0) is 20.7 Å². The molecule has 0 atom stereocenters. The Hall–Kier alpha value is -1.83. The van der Waals surface area contributed by atoms with Gasteiger partial charge in [0, 0.05) is 25.3 Å². The summed E-state index contributed by atoms with van der Waals surface area (Å²) in [6.07, 6.45) is -0.0420. The van der Waals surface area contributed by atoms with Crippen molar-refractivity contribution in [3.63, 3.8) is 0 Å². The highest BCUT2D eigenvalue weighted by molar-refractivity contribution is 7.99. The first-order valence-electron chi connectivity index (χ1n) is 5.55. The lowest BCUT2D eigenvalue weighted by atomic mass is 10.3. The van der Waals surface area contributed by atoms with Gasteiger partial charge in [0.2, 0.25) is 5.91 Å². The zero-order valence-corrected chi connectivity index (χ0v) is 11.5. The van der Waals surface area contributed by atoms with Crippen molar-refractivity contribution in [3.05, 3.63) is 22.1 Å². The first-order valence-corrected chi connectivity index (χ1v) is 6.54. The molecule has 0 aliphatic heterocycles. The zero-order valence-electron chi connectivity index (χ0n) is 10.7. The molecule has 1 aromatic heterocycles. The number of rotatable bonds is 6. The molecule has 19 heavy (non-hydrogen) atoms. The molecule has 0 radical (unpaired) electrons. The molecule has 2 N–H and O–H groups in total. The van der Waals surface area contributed by atoms with Crippen LogP contribution in [0.25, 0.3) is 0 Å². The molecule has 0 fully saturated rings. The molecule has 0 spiro atoms. The number of hydrogen-bond donors (Lipinski definition) is 2. The maximum absolute atomic E-state index is 11.4. The summed E-state index contributed by atoms with van der Waals surface area (Å²) >= 11 is 1.29. The standard InChI is InChI=1S/C11H15N3O4S/c1-7(15)12-3-4-19-11-13-8(5-9(16)14-11)6-10(17)18-2/h5H,3-4,6H2,1-2H3,(H,12,15)(H,13,14,16). The molecule has 104 valence electrons. The second kappa shape index (κ2) is 7.57. The maximum Gasteiger partial charge on any atom is 0.311 e. The van der Waals surface area contributed by atoms with Crippen LogP contribution < -0.4 is 10.9 Å². The molecule has 0 aromatic carbocycles. The normalized spacial score (nSPS) is 10.0. The minimum Gasteiger partial charge on any atom is -0.469 e. The summed E-state index contributed by atoms with van der Waals surface area (Å²) in [5, 5.41) is 3.05. The number of amides is 1. The Kier molecular flexibility index (Phi) is 6.07. The molecular formula is C11H15N3O4S. The maximum atomic E-state index is 11.4. The number of carbonyl (C=O) groups is 2. The average Bonchev–Trinajstić information content (AvgIpc) is 2.33. The first kappa shape index (κ1) is 15.2. The van der Waals surface area contributed by atoms with E-state index in [4.69, 9.17) is 0 Å². The molecule has 1 amide bonds. The second-order valence-corrected chi connectivity index (χ2v) is 4.71. The number of H-pyrrole nitrogens is 1. The summed E-state index contributed by atoms with van der Waals surface area (Å²) in [5.41, 5.74) is 0.0357. The van der Waals surface area contributed by atoms with E-state index in [0.717, 1.165) is 0 Å². The van der Waals surface area contributed by atoms with Crippen LogP contribution in [0.2, 0.25) is 0 Å². The number of ether oxygens (including phenoxy) is 1. The van der Waals surface area contributed by atoms with Gasteiger partial charge in [0.1, 0.15) is 0 Å². The van der Waals surface area contributed by atoms with Crippen LogP contribution >= 0.6 is 11.8 Å². The summed E-state index contributed by atoms with van der Waals surface area (Å²) in [6.45, 7) is 1.91. The third-order valence-electron chi connectivity index (χ3n) is 2.04. The van der Waals surface area contributed by atoms with Crippen molar-refractivity contribution in [3.8, 4) is 0 Å². The number of nitrogens with zero attached hydrogens (tertiary/aromatic N) is 1. The summed E-state index contributed by atoms with van der Waals surface area (Å²) in [7, 11) is 1.28. The molecule has 0 saturated carbocycles. The number of thioether (sulfide) groups is 1. The van der Waals surface area contributed by atoms with Crippen molar-refractivity contribution in [1.82, 2.24) is 15.3 Å². The third-order valence-corrected chi connectivity index (χ3v) is 2.92. The fourth-order valence-corrected chi connectivity index (χ4v) is 1.99. The summed E-state index contributed by atoms with van der Waals surface area (Å²) < 4.78 is 4.51. The Bertz CT molecular complexity index is 515. The molecule has 1 aromatic rings. The molecule has 0 bridgehead atoms. The van der Waals surface area contributed by atoms with E-state index in [1.54, 1.807) is 0 Å². The Morgan fingerprint density at radius 2 is 2.26 bits per heavy atom. The Balaban J connectivity index is 2.61. The van der Waals surface area contributed by atoms with Crippen molar-refractivity contribution < 1.29 is 14.3 Å². The molecule has 7 nitrogen and oxygen atoms in total. The van der Waals surface area contributed by atoms with Crippen LogP contribution in [0, 0.1) is 0 Å². The smallest absolute Gasteiger partial charge is 0.311 e. The van der Waals surface area contributed by atoms with Crippen molar-refractivity contribution in [1.29, 1.82) is 0 Å². The summed E-state index contributed by atoms with van der Waals surface area (Å²) in [5.74, 6) is 0.0123. The van der Waals surface area contributed by atoms with E-state index in [2.05, 4.69) is 20.0 Å². The number of esters is 1. The fourth-order valence-electron chi connectivity index (χ4n) is 1.24. The number of aromatic nitrogens is 2. The highest BCUT2D eigenvalue weighted by Gasteiger charge is 2.07. The van der Waals surface area contributed by atoms with Gasteiger partial charge in [0.15, 0.2) is 5.16 Å². The van der Waals surface area contributed by atoms with Crippen LogP contribution in [0.15, 0.2) is 16.0 Å². The van der Waals surface area contributed by atoms with Crippen molar-refractivity contribution in [2.24, 2.45) is 0 Å². The van der Waals surface area contributed by atoms with Crippen LogP contribution in [0.3, 0.4) is 0 Å². The van der Waals surface area contributed by atoms with Gasteiger partial charge in [-0.1, -0.05) is 11.8 Å². The van der Waals surface area contributed by atoms with Gasteiger partial charge in [-0.25, -0.2) is 4.98 Å². The van der Waals surface area contributed by atoms with Gasteiger partial charge in [-0.15, -0.1) is 0 Å². The molecule has 1 heterocycles. The van der Waals surface area contributed by atoms with Gasteiger partial charge >= 0.3 is 5.97 Å². The SMILES string of the molecule is COC(=O)Cc1cc(=O)[nH]c(SCCNC(C)=O)n1. The van der Waals surface area contributed by atoms with Gasteiger partial charge in [-0.3, -0.25) is 14.4 Å². The van der Waals surface area contributed by atoms with Crippen LogP contribution in [0.4, 0.5) is 0 Å². The van der Waals surface area contributed by atoms with E-state index in [1.807, 2.05) is 0 Å². The summed E-state index contributed by atoms with van der Waals surface area (Å²) in [6, 6.07) is 1.26. The third kappa shape index (κ3) is 6.05. The van der Waals surface area contributed by atoms with E-state index in [9.17, 15) is 14.4 Å². The quantitative estimate of drug-likeness (QED) is 0.322. The Morgan fingerprint density at radius 1 is 1.53 bits per heavy atom. The van der Waals surface area contributed by atoms with Gasteiger partial charge in [0.25, 0.3) is 5.56 Å². The van der Waals surface area contributed by atoms with E-state index >= 15 is 0 Å². The van der Waals surface area contributed by atoms with E-state index < -0.39 is 5.97 Å². The first-order chi connectivity index (χ1) is 9.01. The molecule has 0 aliphatic carbocycles. The Labute approximate surface area is 114 Å². The zero-order chi connectivity index (χ0) is 14.3. The largest absolute Gasteiger partial charge is 0.469 e. The lowest BCUT2D eigenvalue weighted by molar-refractivity contribution is -0.139. The van der Waals surface area contributed by atoms with Gasteiger partial charge in [-0.05, 0) is 0 Å². The van der Waals surface area contributed by atoms with Gasteiger partial charge in [0.05, 0.1) is 19.2 Å². The van der Waals surface area contributed by atoms with Crippen molar-refractivity contribution in [2.75, 3.05) is 19.4 Å². The van der Waals surface area contributed by atoms with Crippen LogP contribution in [-0.4, -0.2) is 41.3 Å². The van der Waals surface area contributed by atoms with Crippen molar-refractivity contribution in [2.45, 2.75) is 18.5 Å². The van der Waals surface area contributed by atoms with E-state index in [0.29, 0.717) is 23.1 Å². The molecule has 0 saturated heterocycles. The van der Waals surface area contributed by atoms with Crippen LogP contribution in [0.5, 0.6) is 0 Å². The minimum atomic E-state index is -0.452. The van der Waals surface area contributed by atoms with E-state index in [-0.39, 0.29) is 17.9 Å². The monoisotopic (exact) mass is 285 g/mol. The molecular weight excluding hydrogens is 270 g/mol. The molecule has 8 heteroatoms. The van der Waals surface area contributed by atoms with Gasteiger partial charge < -0.3 is 15.0 Å². The predicted octanol–water partition coefficient (Wildman–Crippen LogP) is -0.286. The number of carbonyl (C=O) groups excluding carboxylic acids is 2. The molecule has 0 aliphatic rings. The van der Waals surface area contributed by atoms with Crippen molar-refractivity contribution >= 4 is 23.6 Å². The lowest BCUT2D eigenvalue weighted by Crippen LogP contribution is -2.22. The average molecular weight is 285 g/mol. The highest BCUT2D eigenvalue weighted by Crippen LogP contribution is 2.10. The minimum absolute atomic E-state index is 0.0420. The Morgan fingerprint density at radius 3 is 2.89 bits per heavy atom. The molecule has 0 unspecified atom stereocenters. The number of methoxy groups -OCH3 is 1. The second-order valence-electron chi connectivity index (χ2n) is 3.63. The molecule has 1 rings (SSSR count).